The number of nitriles is 1. The number of halogens is 1. The number of carbonyl (C=O) groups is 1. The highest BCUT2D eigenvalue weighted by Crippen LogP contribution is 2.41. The van der Waals surface area contributed by atoms with Crippen LogP contribution in [0.5, 0.6) is 0 Å². The van der Waals surface area contributed by atoms with Crippen molar-refractivity contribution in [3.05, 3.63) is 53.3 Å². The molecular weight excluding hydrogens is 271 g/mol. The molecule has 0 heterocycles. The van der Waals surface area contributed by atoms with Crippen molar-refractivity contribution in [2.75, 3.05) is 5.32 Å². The maximum absolute atomic E-state index is 14.5. The van der Waals surface area contributed by atoms with Gasteiger partial charge >= 0.3 is 0 Å². The number of amides is 1. The fraction of sp³-hybridized carbons (Fsp3) is 0.250. The number of rotatable bonds is 4. The van der Waals surface area contributed by atoms with Gasteiger partial charge in [-0.2, -0.15) is 5.26 Å². The number of allylic oxidation sites excluding steroid dienone is 3. The summed E-state index contributed by atoms with van der Waals surface area (Å²) in [6.45, 7) is 2.77. The van der Waals surface area contributed by atoms with Crippen LogP contribution in [-0.2, 0) is 10.5 Å². The number of benzene rings is 1. The van der Waals surface area contributed by atoms with Crippen LogP contribution in [0.25, 0.3) is 0 Å². The highest BCUT2D eigenvalue weighted by molar-refractivity contribution is 6.06. The molecule has 2 N–H and O–H groups in total. The van der Waals surface area contributed by atoms with Crippen molar-refractivity contribution in [3.63, 3.8) is 0 Å². The fourth-order valence-electron chi connectivity index (χ4n) is 1.98. The van der Waals surface area contributed by atoms with Crippen LogP contribution in [0.2, 0.25) is 0 Å². The molecule has 1 aromatic rings. The molecule has 0 radical (unpaired) electrons. The van der Waals surface area contributed by atoms with E-state index in [-0.39, 0.29) is 17.3 Å². The van der Waals surface area contributed by atoms with Crippen LogP contribution in [0.1, 0.15) is 19.4 Å². The van der Waals surface area contributed by atoms with E-state index >= 15 is 0 Å². The second-order valence-electron chi connectivity index (χ2n) is 5.09. The van der Waals surface area contributed by atoms with Gasteiger partial charge in [0.2, 0.25) is 0 Å². The molecule has 108 valence electrons. The third-order valence-corrected chi connectivity index (χ3v) is 3.42. The summed E-state index contributed by atoms with van der Waals surface area (Å²) in [5, 5.41) is 20.5. The lowest BCUT2D eigenvalue weighted by Crippen LogP contribution is -2.19. The third-order valence-electron chi connectivity index (χ3n) is 3.42. The second-order valence-corrected chi connectivity index (χ2v) is 5.09. The third kappa shape index (κ3) is 3.11. The van der Waals surface area contributed by atoms with E-state index in [1.165, 1.54) is 13.8 Å². The Hall–Kier alpha value is -2.61. The lowest BCUT2D eigenvalue weighted by molar-refractivity contribution is -0.112. The average Bonchev–Trinajstić information content (AvgIpc) is 3.24. The molecule has 21 heavy (non-hydrogen) atoms. The number of nitrogens with zero attached hydrogens (tertiary/aromatic N) is 1. The van der Waals surface area contributed by atoms with Crippen LogP contribution < -0.4 is 5.32 Å². The zero-order chi connectivity index (χ0) is 15.6. The maximum Gasteiger partial charge on any atom is 0.269 e. The number of alkyl halides is 1. The first kappa shape index (κ1) is 14.8. The minimum Gasteiger partial charge on any atom is -0.511 e. The molecule has 0 fully saturated rings. The summed E-state index contributed by atoms with van der Waals surface area (Å²) in [4.78, 5) is 11.7. The summed E-state index contributed by atoms with van der Waals surface area (Å²) in [7, 11) is 0. The Bertz CT molecular complexity index is 657. The van der Waals surface area contributed by atoms with Gasteiger partial charge in [-0.05, 0) is 31.5 Å². The monoisotopic (exact) mass is 286 g/mol. The van der Waals surface area contributed by atoms with E-state index in [9.17, 15) is 14.3 Å². The SMILES string of the molecule is C/C(O)=C(\C#N)C(=O)Nc1ccc(C(C)(F)C2C=C2)cc1. The zero-order valence-corrected chi connectivity index (χ0v) is 11.7. The summed E-state index contributed by atoms with van der Waals surface area (Å²) in [5.74, 6) is -1.22. The molecule has 0 spiro atoms. The van der Waals surface area contributed by atoms with Crippen LogP contribution in [0.15, 0.2) is 47.7 Å². The van der Waals surface area contributed by atoms with E-state index in [1.54, 1.807) is 42.5 Å². The molecule has 2 rings (SSSR count). The molecule has 1 unspecified atom stereocenters. The average molecular weight is 286 g/mol. The first-order valence-electron chi connectivity index (χ1n) is 6.45. The van der Waals surface area contributed by atoms with Gasteiger partial charge < -0.3 is 10.4 Å². The Balaban J connectivity index is 2.12. The van der Waals surface area contributed by atoms with E-state index in [4.69, 9.17) is 5.26 Å². The highest BCUT2D eigenvalue weighted by Gasteiger charge is 2.37. The predicted molar refractivity (Wildman–Crippen MR) is 77.1 cm³/mol. The van der Waals surface area contributed by atoms with E-state index in [0.29, 0.717) is 11.3 Å². The van der Waals surface area contributed by atoms with E-state index in [0.717, 1.165) is 0 Å². The van der Waals surface area contributed by atoms with Crippen molar-refractivity contribution >= 4 is 11.6 Å². The quantitative estimate of drug-likeness (QED) is 0.386. The highest BCUT2D eigenvalue weighted by atomic mass is 19.1. The molecular formula is C16H15FN2O2. The Morgan fingerprint density at radius 2 is 1.95 bits per heavy atom. The van der Waals surface area contributed by atoms with Crippen LogP contribution in [0, 0.1) is 17.2 Å². The van der Waals surface area contributed by atoms with Gasteiger partial charge in [0.1, 0.15) is 17.5 Å². The van der Waals surface area contributed by atoms with Crippen molar-refractivity contribution in [1.82, 2.24) is 0 Å². The lowest BCUT2D eigenvalue weighted by Gasteiger charge is -2.20. The molecule has 1 aliphatic carbocycles. The van der Waals surface area contributed by atoms with Gasteiger partial charge in [-0.3, -0.25) is 4.79 Å². The van der Waals surface area contributed by atoms with Crippen molar-refractivity contribution < 1.29 is 14.3 Å². The maximum atomic E-state index is 14.5. The molecule has 0 bridgehead atoms. The summed E-state index contributed by atoms with van der Waals surface area (Å²) in [5.41, 5.74) is -0.860. The summed E-state index contributed by atoms with van der Waals surface area (Å²) in [6, 6.07) is 7.95. The number of aliphatic hydroxyl groups is 1. The zero-order valence-electron chi connectivity index (χ0n) is 11.7. The van der Waals surface area contributed by atoms with Crippen molar-refractivity contribution in [1.29, 1.82) is 5.26 Å². The fourth-order valence-corrected chi connectivity index (χ4v) is 1.98. The lowest BCUT2D eigenvalue weighted by atomic mass is 9.91. The van der Waals surface area contributed by atoms with Crippen molar-refractivity contribution in [2.45, 2.75) is 19.5 Å². The van der Waals surface area contributed by atoms with Crippen molar-refractivity contribution in [2.24, 2.45) is 5.92 Å². The van der Waals surface area contributed by atoms with Crippen LogP contribution in [0.3, 0.4) is 0 Å². The van der Waals surface area contributed by atoms with Crippen LogP contribution >= 0.6 is 0 Å². The number of hydrogen-bond acceptors (Lipinski definition) is 3. The smallest absolute Gasteiger partial charge is 0.269 e. The van der Waals surface area contributed by atoms with Gasteiger partial charge in [0.15, 0.2) is 5.57 Å². The molecule has 1 atom stereocenters. The first-order valence-corrected chi connectivity index (χ1v) is 6.45. The van der Waals surface area contributed by atoms with Gasteiger partial charge in [-0.15, -0.1) is 0 Å². The van der Waals surface area contributed by atoms with Gasteiger partial charge in [-0.1, -0.05) is 24.3 Å². The largest absolute Gasteiger partial charge is 0.511 e. The number of aliphatic hydroxyl groups excluding tert-OH is 1. The minimum absolute atomic E-state index is 0.178. The number of nitrogens with one attached hydrogen (secondary N) is 1. The van der Waals surface area contributed by atoms with Gasteiger partial charge in [0.05, 0.1) is 0 Å². The molecule has 0 aliphatic heterocycles. The van der Waals surface area contributed by atoms with Gasteiger partial charge in [0, 0.05) is 11.6 Å². The van der Waals surface area contributed by atoms with Crippen molar-refractivity contribution in [3.8, 4) is 6.07 Å². The van der Waals surface area contributed by atoms with E-state index < -0.39 is 11.6 Å². The Morgan fingerprint density at radius 3 is 2.38 bits per heavy atom. The molecule has 1 aromatic carbocycles. The Labute approximate surface area is 122 Å². The Morgan fingerprint density at radius 1 is 1.38 bits per heavy atom. The molecule has 0 saturated carbocycles. The molecule has 4 nitrogen and oxygen atoms in total. The predicted octanol–water partition coefficient (Wildman–Crippen LogP) is 3.35. The number of hydrogen-bond donors (Lipinski definition) is 2. The molecule has 0 aromatic heterocycles. The minimum atomic E-state index is -1.46. The number of anilines is 1. The molecule has 0 saturated heterocycles. The van der Waals surface area contributed by atoms with Crippen LogP contribution in [0.4, 0.5) is 10.1 Å². The van der Waals surface area contributed by atoms with Gasteiger partial charge in [-0.25, -0.2) is 4.39 Å². The molecule has 1 amide bonds. The number of carbonyl (C=O) groups excluding carboxylic acids is 1. The Kier molecular flexibility index (Phi) is 3.81. The van der Waals surface area contributed by atoms with Crippen LogP contribution in [-0.4, -0.2) is 11.0 Å². The van der Waals surface area contributed by atoms with E-state index in [1.807, 2.05) is 0 Å². The summed E-state index contributed by atoms with van der Waals surface area (Å²) in [6.07, 6.45) is 3.59. The second kappa shape index (κ2) is 5.41. The normalized spacial score (nSPS) is 17.4. The first-order chi connectivity index (χ1) is 9.86. The summed E-state index contributed by atoms with van der Waals surface area (Å²) >= 11 is 0. The van der Waals surface area contributed by atoms with Gasteiger partial charge in [0.25, 0.3) is 5.91 Å². The topological polar surface area (TPSA) is 73.1 Å². The van der Waals surface area contributed by atoms with E-state index in [2.05, 4.69) is 5.32 Å². The summed E-state index contributed by atoms with van der Waals surface area (Å²) < 4.78 is 14.5. The molecule has 1 aliphatic rings. The molecule has 5 heteroatoms. The standard InChI is InChI=1S/C16H15FN2O2/c1-10(20)14(9-18)15(21)19-13-7-5-12(6-8-13)16(2,17)11-3-4-11/h3-8,11,20H,1-2H3,(H,19,21)/b14-10-.